The molecular formula is C12H14N2S. The lowest BCUT2D eigenvalue weighted by Crippen LogP contribution is -1.99. The fourth-order valence-corrected chi connectivity index (χ4v) is 2.28. The second kappa shape index (κ2) is 4.45. The van der Waals surface area contributed by atoms with E-state index < -0.39 is 0 Å². The van der Waals surface area contributed by atoms with Crippen LogP contribution in [0.5, 0.6) is 0 Å². The van der Waals surface area contributed by atoms with Crippen LogP contribution in [0.1, 0.15) is 24.1 Å². The van der Waals surface area contributed by atoms with Gasteiger partial charge in [0.15, 0.2) is 5.13 Å². The number of benzene rings is 1. The molecule has 0 unspecified atom stereocenters. The third-order valence-electron chi connectivity index (χ3n) is 2.43. The Balaban J connectivity index is 2.07. The first-order chi connectivity index (χ1) is 7.25. The third kappa shape index (κ3) is 2.57. The lowest BCUT2D eigenvalue weighted by atomic mass is 9.99. The topological polar surface area (TPSA) is 38.9 Å². The first-order valence-electron chi connectivity index (χ1n) is 5.00. The first kappa shape index (κ1) is 10.2. The number of aromatic nitrogens is 1. The summed E-state index contributed by atoms with van der Waals surface area (Å²) >= 11 is 1.51. The molecule has 0 fully saturated rings. The van der Waals surface area contributed by atoms with E-state index in [0.29, 0.717) is 11.0 Å². The molecule has 1 heterocycles. The van der Waals surface area contributed by atoms with Gasteiger partial charge in [-0.05, 0) is 12.0 Å². The van der Waals surface area contributed by atoms with E-state index in [0.717, 1.165) is 12.1 Å². The second-order valence-corrected chi connectivity index (χ2v) is 4.59. The van der Waals surface area contributed by atoms with Gasteiger partial charge in [-0.3, -0.25) is 0 Å². The maximum absolute atomic E-state index is 5.62. The molecule has 78 valence electrons. The minimum absolute atomic E-state index is 0.431. The van der Waals surface area contributed by atoms with Crippen molar-refractivity contribution in [2.24, 2.45) is 0 Å². The minimum atomic E-state index is 0.431. The molecule has 0 saturated heterocycles. The molecule has 2 rings (SSSR count). The zero-order valence-electron chi connectivity index (χ0n) is 8.68. The van der Waals surface area contributed by atoms with Gasteiger partial charge in [0.1, 0.15) is 0 Å². The molecule has 1 atom stereocenters. The summed E-state index contributed by atoms with van der Waals surface area (Å²) in [6.45, 7) is 2.18. The monoisotopic (exact) mass is 218 g/mol. The average molecular weight is 218 g/mol. The van der Waals surface area contributed by atoms with Crippen LogP contribution in [0.2, 0.25) is 0 Å². The van der Waals surface area contributed by atoms with E-state index in [-0.39, 0.29) is 0 Å². The Kier molecular flexibility index (Phi) is 3.02. The number of nitrogens with zero attached hydrogens (tertiary/aromatic N) is 1. The van der Waals surface area contributed by atoms with Crippen molar-refractivity contribution >= 4 is 16.5 Å². The van der Waals surface area contributed by atoms with Crippen molar-refractivity contribution in [3.05, 3.63) is 47.0 Å². The molecule has 0 aliphatic heterocycles. The summed E-state index contributed by atoms with van der Waals surface area (Å²) in [7, 11) is 0. The first-order valence-corrected chi connectivity index (χ1v) is 5.88. The quantitative estimate of drug-likeness (QED) is 0.860. The molecule has 0 bridgehead atoms. The summed E-state index contributed by atoms with van der Waals surface area (Å²) < 4.78 is 0. The molecule has 0 spiro atoms. The second-order valence-electron chi connectivity index (χ2n) is 3.70. The molecule has 2 nitrogen and oxygen atoms in total. The predicted octanol–water partition coefficient (Wildman–Crippen LogP) is 3.07. The summed E-state index contributed by atoms with van der Waals surface area (Å²) in [4.78, 5) is 4.30. The highest BCUT2D eigenvalue weighted by Gasteiger charge is 2.09. The fourth-order valence-electron chi connectivity index (χ4n) is 1.60. The van der Waals surface area contributed by atoms with Crippen molar-refractivity contribution in [1.82, 2.24) is 4.98 Å². The molecule has 3 heteroatoms. The zero-order chi connectivity index (χ0) is 10.7. The summed E-state index contributed by atoms with van der Waals surface area (Å²) in [5.41, 5.74) is 8.06. The fraction of sp³-hybridized carbons (Fsp3) is 0.250. The van der Waals surface area contributed by atoms with Crippen molar-refractivity contribution in [3.8, 4) is 0 Å². The van der Waals surface area contributed by atoms with E-state index in [9.17, 15) is 0 Å². The van der Waals surface area contributed by atoms with Crippen molar-refractivity contribution in [1.29, 1.82) is 0 Å². The summed E-state index contributed by atoms with van der Waals surface area (Å²) in [6, 6.07) is 10.5. The number of nitrogen functional groups attached to an aromatic ring is 1. The highest BCUT2D eigenvalue weighted by Crippen LogP contribution is 2.22. The largest absolute Gasteiger partial charge is 0.375 e. The SMILES string of the molecule is C[C@@H](Cc1ccccc1)c1csc(N)n1. The Morgan fingerprint density at radius 3 is 2.67 bits per heavy atom. The zero-order valence-corrected chi connectivity index (χ0v) is 9.50. The Labute approximate surface area is 93.8 Å². The minimum Gasteiger partial charge on any atom is -0.375 e. The van der Waals surface area contributed by atoms with Gasteiger partial charge in [0.25, 0.3) is 0 Å². The van der Waals surface area contributed by atoms with Crippen LogP contribution >= 0.6 is 11.3 Å². The molecule has 0 amide bonds. The molecule has 0 radical (unpaired) electrons. The third-order valence-corrected chi connectivity index (χ3v) is 3.12. The van der Waals surface area contributed by atoms with Gasteiger partial charge in [0.05, 0.1) is 5.69 Å². The van der Waals surface area contributed by atoms with Crippen molar-refractivity contribution in [2.75, 3.05) is 5.73 Å². The van der Waals surface area contributed by atoms with Gasteiger partial charge in [-0.15, -0.1) is 11.3 Å². The van der Waals surface area contributed by atoms with Gasteiger partial charge < -0.3 is 5.73 Å². The number of hydrogen-bond donors (Lipinski definition) is 1. The number of rotatable bonds is 3. The molecular weight excluding hydrogens is 204 g/mol. The van der Waals surface area contributed by atoms with Gasteiger partial charge in [-0.2, -0.15) is 0 Å². The number of nitrogens with two attached hydrogens (primary N) is 1. The van der Waals surface area contributed by atoms with Crippen LogP contribution < -0.4 is 5.73 Å². The van der Waals surface area contributed by atoms with Gasteiger partial charge in [-0.1, -0.05) is 37.3 Å². The van der Waals surface area contributed by atoms with E-state index in [2.05, 4.69) is 36.2 Å². The Morgan fingerprint density at radius 2 is 2.07 bits per heavy atom. The van der Waals surface area contributed by atoms with Gasteiger partial charge >= 0.3 is 0 Å². The van der Waals surface area contributed by atoms with Crippen LogP contribution in [0.25, 0.3) is 0 Å². The van der Waals surface area contributed by atoms with E-state index in [4.69, 9.17) is 5.73 Å². The van der Waals surface area contributed by atoms with Gasteiger partial charge in [-0.25, -0.2) is 4.98 Å². The molecule has 1 aromatic carbocycles. The smallest absolute Gasteiger partial charge is 0.180 e. The van der Waals surface area contributed by atoms with E-state index in [1.54, 1.807) is 0 Å². The van der Waals surface area contributed by atoms with Crippen LogP contribution in [-0.4, -0.2) is 4.98 Å². The maximum atomic E-state index is 5.62. The molecule has 0 saturated carbocycles. The van der Waals surface area contributed by atoms with Crippen molar-refractivity contribution in [3.63, 3.8) is 0 Å². The number of hydrogen-bond acceptors (Lipinski definition) is 3. The lowest BCUT2D eigenvalue weighted by Gasteiger charge is -2.07. The molecule has 15 heavy (non-hydrogen) atoms. The molecule has 2 aromatic rings. The van der Waals surface area contributed by atoms with Gasteiger partial charge in [0, 0.05) is 11.3 Å². The van der Waals surface area contributed by atoms with Crippen LogP contribution in [-0.2, 0) is 6.42 Å². The van der Waals surface area contributed by atoms with Crippen LogP contribution in [0, 0.1) is 0 Å². The van der Waals surface area contributed by atoms with Crippen LogP contribution in [0.15, 0.2) is 35.7 Å². The molecule has 0 aliphatic carbocycles. The Morgan fingerprint density at radius 1 is 1.33 bits per heavy atom. The highest BCUT2D eigenvalue weighted by molar-refractivity contribution is 7.13. The Hall–Kier alpha value is -1.35. The normalized spacial score (nSPS) is 12.6. The summed E-state index contributed by atoms with van der Waals surface area (Å²) in [5.74, 6) is 0.431. The molecule has 1 aromatic heterocycles. The van der Waals surface area contributed by atoms with E-state index in [1.807, 2.05) is 11.4 Å². The van der Waals surface area contributed by atoms with E-state index >= 15 is 0 Å². The molecule has 0 aliphatic rings. The Bertz CT molecular complexity index is 422. The van der Waals surface area contributed by atoms with Crippen molar-refractivity contribution < 1.29 is 0 Å². The maximum Gasteiger partial charge on any atom is 0.180 e. The summed E-state index contributed by atoms with van der Waals surface area (Å²) in [6.07, 6.45) is 1.02. The number of thiazole rings is 1. The van der Waals surface area contributed by atoms with Gasteiger partial charge in [0.2, 0.25) is 0 Å². The number of anilines is 1. The average Bonchev–Trinajstić information content (AvgIpc) is 2.66. The predicted molar refractivity (Wildman–Crippen MR) is 65.1 cm³/mol. The highest BCUT2D eigenvalue weighted by atomic mass is 32.1. The van der Waals surface area contributed by atoms with Crippen molar-refractivity contribution in [2.45, 2.75) is 19.3 Å². The lowest BCUT2D eigenvalue weighted by molar-refractivity contribution is 0.738. The molecule has 2 N–H and O–H groups in total. The standard InChI is InChI=1S/C12H14N2S/c1-9(11-8-15-12(13)14-11)7-10-5-3-2-4-6-10/h2-6,8-9H,7H2,1H3,(H2,13,14)/t9-/m0/s1. The van der Waals surface area contributed by atoms with E-state index in [1.165, 1.54) is 16.9 Å². The van der Waals surface area contributed by atoms with Crippen LogP contribution in [0.4, 0.5) is 5.13 Å². The summed E-state index contributed by atoms with van der Waals surface area (Å²) in [5, 5.41) is 2.70. The van der Waals surface area contributed by atoms with Crippen LogP contribution in [0.3, 0.4) is 0 Å².